The summed E-state index contributed by atoms with van der Waals surface area (Å²) in [5, 5.41) is 3.35. The van der Waals surface area contributed by atoms with Crippen LogP contribution in [0.1, 0.15) is 23.0 Å². The lowest BCUT2D eigenvalue weighted by Crippen LogP contribution is -2.19. The highest BCUT2D eigenvalue weighted by molar-refractivity contribution is 8.00. The molecule has 2 rings (SSSR count). The zero-order valence-electron chi connectivity index (χ0n) is 12.1. The van der Waals surface area contributed by atoms with E-state index >= 15 is 0 Å². The second-order valence-electron chi connectivity index (χ2n) is 4.51. The standard InChI is InChI=1S/C14H19N3OS2/c1-9-5-6-13(18-4)11(7-9)12(15-3)8-19-14-16-10(2)17-20-14/h5-7,12,15H,8H2,1-4H3. The number of methoxy groups -OCH3 is 1. The number of rotatable bonds is 6. The van der Waals surface area contributed by atoms with Crippen LogP contribution in [0.4, 0.5) is 0 Å². The van der Waals surface area contributed by atoms with E-state index in [2.05, 4.69) is 33.7 Å². The van der Waals surface area contributed by atoms with Crippen LogP contribution < -0.4 is 10.1 Å². The second kappa shape index (κ2) is 7.06. The first kappa shape index (κ1) is 15.3. The Hall–Kier alpha value is -1.11. The molecule has 1 aromatic carbocycles. The van der Waals surface area contributed by atoms with Gasteiger partial charge in [0.1, 0.15) is 11.6 Å². The van der Waals surface area contributed by atoms with Gasteiger partial charge in [-0.25, -0.2) is 4.98 Å². The van der Waals surface area contributed by atoms with Crippen molar-refractivity contribution in [1.29, 1.82) is 0 Å². The van der Waals surface area contributed by atoms with Gasteiger partial charge in [-0.2, -0.15) is 4.37 Å². The maximum Gasteiger partial charge on any atom is 0.170 e. The minimum atomic E-state index is 0.221. The van der Waals surface area contributed by atoms with Crippen LogP contribution in [-0.4, -0.2) is 29.3 Å². The Morgan fingerprint density at radius 2 is 2.20 bits per heavy atom. The summed E-state index contributed by atoms with van der Waals surface area (Å²) < 4.78 is 10.7. The number of hydrogen-bond acceptors (Lipinski definition) is 6. The van der Waals surface area contributed by atoms with E-state index in [0.717, 1.165) is 21.7 Å². The smallest absolute Gasteiger partial charge is 0.170 e. The predicted molar refractivity (Wildman–Crippen MR) is 84.9 cm³/mol. The van der Waals surface area contributed by atoms with Crippen molar-refractivity contribution in [2.45, 2.75) is 24.2 Å². The van der Waals surface area contributed by atoms with Crippen molar-refractivity contribution >= 4 is 23.3 Å². The van der Waals surface area contributed by atoms with Crippen LogP contribution in [0.15, 0.2) is 22.5 Å². The first-order valence-electron chi connectivity index (χ1n) is 6.39. The first-order chi connectivity index (χ1) is 9.63. The molecule has 0 aliphatic carbocycles. The lowest BCUT2D eigenvalue weighted by Gasteiger charge is -2.19. The number of thioether (sulfide) groups is 1. The third-order valence-electron chi connectivity index (χ3n) is 2.99. The summed E-state index contributed by atoms with van der Waals surface area (Å²) in [6.07, 6.45) is 0. The summed E-state index contributed by atoms with van der Waals surface area (Å²) in [5.41, 5.74) is 2.42. The van der Waals surface area contributed by atoms with Crippen LogP contribution in [-0.2, 0) is 0 Å². The van der Waals surface area contributed by atoms with Crippen molar-refractivity contribution in [2.75, 3.05) is 19.9 Å². The molecule has 108 valence electrons. The minimum Gasteiger partial charge on any atom is -0.496 e. The van der Waals surface area contributed by atoms with Gasteiger partial charge in [-0.1, -0.05) is 29.5 Å². The molecule has 0 aliphatic rings. The third-order valence-corrected chi connectivity index (χ3v) is 5.01. The van der Waals surface area contributed by atoms with Crippen LogP contribution in [0.2, 0.25) is 0 Å². The topological polar surface area (TPSA) is 47.0 Å². The van der Waals surface area contributed by atoms with Crippen molar-refractivity contribution in [1.82, 2.24) is 14.7 Å². The molecule has 1 atom stereocenters. The molecule has 0 bridgehead atoms. The summed E-state index contributed by atoms with van der Waals surface area (Å²) >= 11 is 3.17. The quantitative estimate of drug-likeness (QED) is 0.830. The van der Waals surface area contributed by atoms with Crippen LogP contribution in [0.3, 0.4) is 0 Å². The van der Waals surface area contributed by atoms with E-state index in [9.17, 15) is 0 Å². The number of nitrogens with zero attached hydrogens (tertiary/aromatic N) is 2. The SMILES string of the molecule is CNC(CSc1nc(C)ns1)c1cc(C)ccc1OC. The average Bonchev–Trinajstić information content (AvgIpc) is 2.85. The molecular weight excluding hydrogens is 290 g/mol. The molecule has 0 saturated heterocycles. The monoisotopic (exact) mass is 309 g/mol. The van der Waals surface area contributed by atoms with Crippen molar-refractivity contribution in [2.24, 2.45) is 0 Å². The van der Waals surface area contributed by atoms with Gasteiger partial charge in [-0.15, -0.1) is 0 Å². The van der Waals surface area contributed by atoms with Crippen molar-refractivity contribution < 1.29 is 4.74 Å². The molecular formula is C14H19N3OS2. The summed E-state index contributed by atoms with van der Waals surface area (Å²) in [6.45, 7) is 4.01. The maximum atomic E-state index is 5.46. The van der Waals surface area contributed by atoms with E-state index in [1.807, 2.05) is 20.0 Å². The highest BCUT2D eigenvalue weighted by Gasteiger charge is 2.16. The largest absolute Gasteiger partial charge is 0.496 e. The van der Waals surface area contributed by atoms with Crippen LogP contribution >= 0.6 is 23.3 Å². The van der Waals surface area contributed by atoms with E-state index < -0.39 is 0 Å². The van der Waals surface area contributed by atoms with E-state index in [1.165, 1.54) is 22.7 Å². The number of aryl methyl sites for hydroxylation is 2. The van der Waals surface area contributed by atoms with Gasteiger partial charge in [0.25, 0.3) is 0 Å². The normalized spacial score (nSPS) is 12.4. The fourth-order valence-corrected chi connectivity index (χ4v) is 3.75. The van der Waals surface area contributed by atoms with Crippen molar-refractivity contribution in [3.05, 3.63) is 35.2 Å². The number of nitrogens with one attached hydrogen (secondary N) is 1. The lowest BCUT2D eigenvalue weighted by molar-refractivity contribution is 0.404. The molecule has 0 aliphatic heterocycles. The zero-order chi connectivity index (χ0) is 14.5. The molecule has 6 heteroatoms. The Labute approximate surface area is 128 Å². The summed E-state index contributed by atoms with van der Waals surface area (Å²) in [6, 6.07) is 6.48. The predicted octanol–water partition coefficient (Wildman–Crippen LogP) is 3.22. The summed E-state index contributed by atoms with van der Waals surface area (Å²) in [4.78, 5) is 4.38. The molecule has 0 amide bonds. The van der Waals surface area contributed by atoms with Crippen LogP contribution in [0.5, 0.6) is 5.75 Å². The Morgan fingerprint density at radius 1 is 1.40 bits per heavy atom. The third kappa shape index (κ3) is 3.71. The highest BCUT2D eigenvalue weighted by Crippen LogP contribution is 2.31. The second-order valence-corrected chi connectivity index (χ2v) is 6.52. The average molecular weight is 309 g/mol. The van der Waals surface area contributed by atoms with Gasteiger partial charge in [0.15, 0.2) is 4.34 Å². The van der Waals surface area contributed by atoms with Gasteiger partial charge in [-0.3, -0.25) is 0 Å². The van der Waals surface area contributed by atoms with E-state index in [1.54, 1.807) is 18.9 Å². The van der Waals surface area contributed by atoms with Crippen molar-refractivity contribution in [3.63, 3.8) is 0 Å². The molecule has 1 heterocycles. The molecule has 0 saturated carbocycles. The Balaban J connectivity index is 2.13. The molecule has 0 fully saturated rings. The molecule has 1 aromatic heterocycles. The Bertz CT molecular complexity index is 571. The summed E-state index contributed by atoms with van der Waals surface area (Å²) in [7, 11) is 3.68. The molecule has 0 spiro atoms. The number of benzene rings is 1. The summed E-state index contributed by atoms with van der Waals surface area (Å²) in [5.74, 6) is 2.65. The fourth-order valence-electron chi connectivity index (χ4n) is 1.95. The van der Waals surface area contributed by atoms with Crippen molar-refractivity contribution in [3.8, 4) is 5.75 Å². The van der Waals surface area contributed by atoms with Gasteiger partial charge >= 0.3 is 0 Å². The highest BCUT2D eigenvalue weighted by atomic mass is 32.2. The van der Waals surface area contributed by atoms with Gasteiger partial charge in [-0.05, 0) is 38.5 Å². The molecule has 2 aromatic rings. The molecule has 20 heavy (non-hydrogen) atoms. The fraction of sp³-hybridized carbons (Fsp3) is 0.429. The molecule has 4 nitrogen and oxygen atoms in total. The number of aromatic nitrogens is 2. The zero-order valence-corrected chi connectivity index (χ0v) is 13.8. The maximum absolute atomic E-state index is 5.46. The van der Waals surface area contributed by atoms with Gasteiger partial charge in [0.05, 0.1) is 7.11 Å². The molecule has 0 radical (unpaired) electrons. The van der Waals surface area contributed by atoms with E-state index in [0.29, 0.717) is 0 Å². The number of ether oxygens (including phenoxy) is 1. The Morgan fingerprint density at radius 3 is 2.80 bits per heavy atom. The first-order valence-corrected chi connectivity index (χ1v) is 8.15. The van der Waals surface area contributed by atoms with E-state index in [4.69, 9.17) is 4.74 Å². The number of hydrogen-bond donors (Lipinski definition) is 1. The molecule has 1 N–H and O–H groups in total. The lowest BCUT2D eigenvalue weighted by atomic mass is 10.0. The van der Waals surface area contributed by atoms with Gasteiger partial charge in [0, 0.05) is 17.4 Å². The van der Waals surface area contributed by atoms with Crippen LogP contribution in [0.25, 0.3) is 0 Å². The van der Waals surface area contributed by atoms with Crippen LogP contribution in [0, 0.1) is 13.8 Å². The molecule has 1 unspecified atom stereocenters. The minimum absolute atomic E-state index is 0.221. The Kier molecular flexibility index (Phi) is 5.39. The van der Waals surface area contributed by atoms with E-state index in [-0.39, 0.29) is 6.04 Å². The van der Waals surface area contributed by atoms with Gasteiger partial charge < -0.3 is 10.1 Å². The van der Waals surface area contributed by atoms with Gasteiger partial charge in [0.2, 0.25) is 0 Å².